The number of carbonyl (C=O) groups is 1. The van der Waals surface area contributed by atoms with Crippen molar-refractivity contribution in [2.24, 2.45) is 0 Å². The van der Waals surface area contributed by atoms with Gasteiger partial charge in [0, 0.05) is 33.4 Å². The second-order valence-electron chi connectivity index (χ2n) is 5.21. The van der Waals surface area contributed by atoms with Crippen molar-refractivity contribution in [3.8, 4) is 0 Å². The van der Waals surface area contributed by atoms with E-state index in [9.17, 15) is 20.0 Å². The summed E-state index contributed by atoms with van der Waals surface area (Å²) < 4.78 is 0.902. The minimum atomic E-state index is -1.17. The fourth-order valence-electron chi connectivity index (χ4n) is 2.86. The van der Waals surface area contributed by atoms with Gasteiger partial charge in [0.05, 0.1) is 27.8 Å². The monoisotopic (exact) mass is 331 g/mol. The third-order valence-electron chi connectivity index (χ3n) is 3.78. The van der Waals surface area contributed by atoms with Crippen LogP contribution in [0.5, 0.6) is 0 Å². The van der Waals surface area contributed by atoms with Crippen molar-refractivity contribution in [3.63, 3.8) is 0 Å². The summed E-state index contributed by atoms with van der Waals surface area (Å²) in [5, 5.41) is 26.5. The Kier molecular flexibility index (Phi) is 3.61. The molecule has 0 saturated heterocycles. The second kappa shape index (κ2) is 5.47. The molecule has 0 spiro atoms. The number of rotatable bonds is 3. The number of dihydropyridines is 1. The number of carboxylic acid groups (broad SMARTS) is 1. The molecule has 118 valence electrons. The second-order valence-corrected chi connectivity index (χ2v) is 6.12. The number of pyridine rings is 1. The maximum absolute atomic E-state index is 11.7. The van der Waals surface area contributed by atoms with E-state index in [4.69, 9.17) is 0 Å². The molecule has 8 heteroatoms. The minimum absolute atomic E-state index is 0.00847. The molecule has 3 rings (SSSR count). The molecule has 23 heavy (non-hydrogen) atoms. The molecule has 7 nitrogen and oxygen atoms in total. The standard InChI is InChI=1S/C15H13N3O4S/c1-7-12(15(19)20)13(14(18(21)22)8(2)17-7)10-6-23-11-3-4-16-5-9(10)11/h3-7,17H,1-2H3,(H,19,20). The lowest BCUT2D eigenvalue weighted by Crippen LogP contribution is -2.36. The zero-order valence-electron chi connectivity index (χ0n) is 12.4. The molecular weight excluding hydrogens is 318 g/mol. The maximum atomic E-state index is 11.7. The van der Waals surface area contributed by atoms with Crippen molar-refractivity contribution in [1.29, 1.82) is 0 Å². The first-order valence-electron chi connectivity index (χ1n) is 6.83. The van der Waals surface area contributed by atoms with Crippen LogP contribution in [-0.2, 0) is 4.79 Å². The lowest BCUT2D eigenvalue weighted by Gasteiger charge is -2.24. The van der Waals surface area contributed by atoms with E-state index in [2.05, 4.69) is 10.3 Å². The molecule has 2 aromatic heterocycles. The number of allylic oxidation sites excluding steroid dienone is 2. The summed E-state index contributed by atoms with van der Waals surface area (Å²) in [6, 6.07) is 1.27. The van der Waals surface area contributed by atoms with Gasteiger partial charge in [-0.2, -0.15) is 0 Å². The van der Waals surface area contributed by atoms with E-state index in [1.807, 2.05) is 0 Å². The normalized spacial score (nSPS) is 18.3. The number of hydrogen-bond acceptors (Lipinski definition) is 6. The lowest BCUT2D eigenvalue weighted by molar-refractivity contribution is -0.418. The highest BCUT2D eigenvalue weighted by molar-refractivity contribution is 7.17. The third-order valence-corrected chi connectivity index (χ3v) is 4.75. The van der Waals surface area contributed by atoms with Crippen molar-refractivity contribution in [1.82, 2.24) is 10.3 Å². The van der Waals surface area contributed by atoms with Crippen LogP contribution in [0.15, 0.2) is 40.8 Å². The number of thiophene rings is 1. The Morgan fingerprint density at radius 2 is 2.26 bits per heavy atom. The van der Waals surface area contributed by atoms with Crippen molar-refractivity contribution in [2.45, 2.75) is 19.9 Å². The summed E-state index contributed by atoms with van der Waals surface area (Å²) in [7, 11) is 0. The average molecular weight is 331 g/mol. The quantitative estimate of drug-likeness (QED) is 0.661. The summed E-state index contributed by atoms with van der Waals surface area (Å²) in [5.74, 6) is -1.17. The van der Waals surface area contributed by atoms with E-state index >= 15 is 0 Å². The summed E-state index contributed by atoms with van der Waals surface area (Å²) in [6.45, 7) is 3.26. The Labute approximate surface area is 135 Å². The first-order valence-corrected chi connectivity index (χ1v) is 7.71. The third kappa shape index (κ3) is 2.36. The summed E-state index contributed by atoms with van der Waals surface area (Å²) in [6.07, 6.45) is 3.24. The van der Waals surface area contributed by atoms with Gasteiger partial charge in [-0.25, -0.2) is 4.79 Å². The van der Waals surface area contributed by atoms with Gasteiger partial charge in [-0.15, -0.1) is 11.3 Å². The van der Waals surface area contributed by atoms with Crippen LogP contribution >= 0.6 is 11.3 Å². The smallest absolute Gasteiger partial charge is 0.334 e. The minimum Gasteiger partial charge on any atom is -0.478 e. The maximum Gasteiger partial charge on any atom is 0.334 e. The largest absolute Gasteiger partial charge is 0.478 e. The van der Waals surface area contributed by atoms with Crippen molar-refractivity contribution in [2.75, 3.05) is 0 Å². The molecule has 2 N–H and O–H groups in total. The van der Waals surface area contributed by atoms with Crippen molar-refractivity contribution in [3.05, 3.63) is 56.5 Å². The summed E-state index contributed by atoms with van der Waals surface area (Å²) >= 11 is 1.40. The fraction of sp³-hybridized carbons (Fsp3) is 0.200. The number of aromatic nitrogens is 1. The fourth-order valence-corrected chi connectivity index (χ4v) is 3.77. The Hall–Kier alpha value is -2.74. The molecule has 0 aromatic carbocycles. The zero-order chi connectivity index (χ0) is 16.7. The first kappa shape index (κ1) is 15.2. The molecule has 0 aliphatic carbocycles. The van der Waals surface area contributed by atoms with Crippen LogP contribution in [0, 0.1) is 10.1 Å². The predicted molar refractivity (Wildman–Crippen MR) is 86.5 cm³/mol. The molecule has 1 aliphatic heterocycles. The molecule has 0 saturated carbocycles. The number of hydrogen-bond donors (Lipinski definition) is 2. The molecular formula is C15H13N3O4S. The van der Waals surface area contributed by atoms with Gasteiger partial charge in [-0.1, -0.05) is 0 Å². The number of nitrogens with zero attached hydrogens (tertiary/aromatic N) is 2. The van der Waals surface area contributed by atoms with E-state index < -0.39 is 16.9 Å². The molecule has 1 atom stereocenters. The summed E-state index contributed by atoms with van der Waals surface area (Å²) in [4.78, 5) is 26.8. The van der Waals surface area contributed by atoms with Crippen LogP contribution < -0.4 is 5.32 Å². The van der Waals surface area contributed by atoms with Gasteiger partial charge in [0.1, 0.15) is 0 Å². The number of carboxylic acids is 1. The highest BCUT2D eigenvalue weighted by Gasteiger charge is 2.37. The first-order chi connectivity index (χ1) is 10.9. The van der Waals surface area contributed by atoms with Gasteiger partial charge in [0.2, 0.25) is 0 Å². The van der Waals surface area contributed by atoms with Gasteiger partial charge in [0.15, 0.2) is 0 Å². The highest BCUT2D eigenvalue weighted by Crippen LogP contribution is 2.39. The Bertz CT molecular complexity index is 897. The average Bonchev–Trinajstić information content (AvgIpc) is 2.89. The molecule has 2 aromatic rings. The molecule has 0 fully saturated rings. The molecule has 1 aliphatic rings. The van der Waals surface area contributed by atoms with E-state index in [0.717, 1.165) is 4.70 Å². The van der Waals surface area contributed by atoms with E-state index in [-0.39, 0.29) is 16.8 Å². The molecule has 0 radical (unpaired) electrons. The predicted octanol–water partition coefficient (Wildman–Crippen LogP) is 2.63. The Morgan fingerprint density at radius 3 is 2.91 bits per heavy atom. The van der Waals surface area contributed by atoms with Gasteiger partial charge < -0.3 is 10.4 Å². The topological polar surface area (TPSA) is 105 Å². The van der Waals surface area contributed by atoms with Gasteiger partial charge >= 0.3 is 5.97 Å². The van der Waals surface area contributed by atoms with Crippen LogP contribution in [0.1, 0.15) is 19.4 Å². The summed E-state index contributed by atoms with van der Waals surface area (Å²) in [5.41, 5.74) is 0.834. The Balaban J connectivity index is 2.40. The molecule has 3 heterocycles. The van der Waals surface area contributed by atoms with E-state index in [0.29, 0.717) is 16.6 Å². The van der Waals surface area contributed by atoms with E-state index in [1.165, 1.54) is 11.3 Å². The van der Waals surface area contributed by atoms with Gasteiger partial charge in [0.25, 0.3) is 5.70 Å². The number of nitrogens with one attached hydrogen (secondary N) is 1. The number of aliphatic carboxylic acids is 1. The van der Waals surface area contributed by atoms with Crippen LogP contribution in [0.25, 0.3) is 15.7 Å². The zero-order valence-corrected chi connectivity index (χ0v) is 13.2. The molecule has 0 bridgehead atoms. The van der Waals surface area contributed by atoms with Gasteiger partial charge in [-0.3, -0.25) is 15.1 Å². The van der Waals surface area contributed by atoms with E-state index in [1.54, 1.807) is 37.7 Å². The van der Waals surface area contributed by atoms with Crippen LogP contribution in [0.4, 0.5) is 0 Å². The number of nitro groups is 1. The highest BCUT2D eigenvalue weighted by atomic mass is 32.1. The van der Waals surface area contributed by atoms with Crippen molar-refractivity contribution >= 4 is 33.0 Å². The van der Waals surface area contributed by atoms with Gasteiger partial charge in [-0.05, 0) is 19.9 Å². The molecule has 0 amide bonds. The van der Waals surface area contributed by atoms with Crippen LogP contribution in [0.2, 0.25) is 0 Å². The van der Waals surface area contributed by atoms with Crippen molar-refractivity contribution < 1.29 is 14.8 Å². The Morgan fingerprint density at radius 1 is 1.52 bits per heavy atom. The lowest BCUT2D eigenvalue weighted by atomic mass is 9.89. The van der Waals surface area contributed by atoms with Crippen LogP contribution in [0.3, 0.4) is 0 Å². The number of fused-ring (bicyclic) bond motifs is 1. The van der Waals surface area contributed by atoms with Crippen LogP contribution in [-0.4, -0.2) is 27.0 Å². The SMILES string of the molecule is CC1=C([N+](=O)[O-])C(c2csc3ccncc23)=C(C(=O)O)C(C)N1. The molecule has 1 unspecified atom stereocenters.